The van der Waals surface area contributed by atoms with Crippen LogP contribution >= 0.6 is 0 Å². The van der Waals surface area contributed by atoms with Gasteiger partial charge in [-0.25, -0.2) is 5.01 Å². The average molecular weight is 339 g/mol. The van der Waals surface area contributed by atoms with E-state index in [0.29, 0.717) is 31.6 Å². The van der Waals surface area contributed by atoms with Crippen LogP contribution in [0.15, 0.2) is 53.9 Å². The predicted molar refractivity (Wildman–Crippen MR) is 93.5 cm³/mol. The minimum Gasteiger partial charge on any atom is -0.347 e. The van der Waals surface area contributed by atoms with E-state index >= 15 is 0 Å². The van der Waals surface area contributed by atoms with Gasteiger partial charge in [-0.2, -0.15) is 10.2 Å². The Balaban J connectivity index is 1.62. The van der Waals surface area contributed by atoms with Gasteiger partial charge in [0.05, 0.1) is 13.1 Å². The molecule has 1 aliphatic rings. The zero-order valence-corrected chi connectivity index (χ0v) is 14.1. The lowest BCUT2D eigenvalue weighted by Gasteiger charge is -2.24. The van der Waals surface area contributed by atoms with Crippen LogP contribution in [0.5, 0.6) is 0 Å². The number of nitrogens with zero attached hydrogens (tertiary/aromatic N) is 4. The first-order valence-corrected chi connectivity index (χ1v) is 8.32. The molecule has 130 valence electrons. The number of hydrazone groups is 1. The third-order valence-corrected chi connectivity index (χ3v) is 3.94. The van der Waals surface area contributed by atoms with Crippen molar-refractivity contribution in [1.82, 2.24) is 20.1 Å². The summed E-state index contributed by atoms with van der Waals surface area (Å²) < 4.78 is 1.76. The minimum atomic E-state index is -0.231. The molecular weight excluding hydrogens is 318 g/mol. The number of rotatable bonds is 6. The van der Waals surface area contributed by atoms with E-state index in [4.69, 9.17) is 0 Å². The molecule has 0 bridgehead atoms. The molecular formula is C18H21N5O2. The minimum absolute atomic E-state index is 0.0648. The number of benzene rings is 1. The Morgan fingerprint density at radius 1 is 1.24 bits per heavy atom. The predicted octanol–water partition coefficient (Wildman–Crippen LogP) is 1.57. The first-order chi connectivity index (χ1) is 12.1. The number of nitrogens with one attached hydrogen (secondary N) is 1. The molecule has 0 unspecified atom stereocenters. The van der Waals surface area contributed by atoms with E-state index in [-0.39, 0.29) is 17.9 Å². The smallest absolute Gasteiger partial charge is 0.267 e. The molecule has 7 heteroatoms. The Morgan fingerprint density at radius 2 is 2.04 bits per heavy atom. The number of hydrogen-bond acceptors (Lipinski definition) is 4. The van der Waals surface area contributed by atoms with Gasteiger partial charge >= 0.3 is 0 Å². The summed E-state index contributed by atoms with van der Waals surface area (Å²) in [5.74, 6) is -0.296. The van der Waals surface area contributed by atoms with Crippen molar-refractivity contribution >= 4 is 17.5 Å². The van der Waals surface area contributed by atoms with Gasteiger partial charge in [-0.15, -0.1) is 0 Å². The lowest BCUT2D eigenvalue weighted by atomic mass is 10.1. The fourth-order valence-electron chi connectivity index (χ4n) is 2.69. The van der Waals surface area contributed by atoms with Crippen LogP contribution < -0.4 is 5.32 Å². The average Bonchev–Trinajstić information content (AvgIpc) is 3.10. The van der Waals surface area contributed by atoms with E-state index in [0.717, 1.165) is 5.56 Å². The van der Waals surface area contributed by atoms with E-state index in [1.165, 1.54) is 5.01 Å². The molecule has 0 aliphatic carbocycles. The fourth-order valence-corrected chi connectivity index (χ4v) is 2.69. The summed E-state index contributed by atoms with van der Waals surface area (Å²) in [7, 11) is 0. The van der Waals surface area contributed by atoms with Crippen LogP contribution in [0.4, 0.5) is 0 Å². The second-order valence-corrected chi connectivity index (χ2v) is 6.09. The number of aromatic nitrogens is 2. The summed E-state index contributed by atoms with van der Waals surface area (Å²) >= 11 is 0. The summed E-state index contributed by atoms with van der Waals surface area (Å²) in [6.07, 6.45) is 4.21. The highest BCUT2D eigenvalue weighted by Crippen LogP contribution is 2.13. The van der Waals surface area contributed by atoms with E-state index in [1.807, 2.05) is 49.5 Å². The molecule has 2 heterocycles. The lowest BCUT2D eigenvalue weighted by molar-refractivity contribution is -0.132. The third-order valence-electron chi connectivity index (χ3n) is 3.94. The van der Waals surface area contributed by atoms with Gasteiger partial charge in [-0.1, -0.05) is 30.3 Å². The van der Waals surface area contributed by atoms with Crippen molar-refractivity contribution in [3.63, 3.8) is 0 Å². The van der Waals surface area contributed by atoms with Crippen LogP contribution in [0.25, 0.3) is 0 Å². The summed E-state index contributed by atoms with van der Waals surface area (Å²) in [5.41, 5.74) is 1.37. The molecule has 25 heavy (non-hydrogen) atoms. The van der Waals surface area contributed by atoms with E-state index < -0.39 is 0 Å². The Morgan fingerprint density at radius 3 is 2.76 bits per heavy atom. The quantitative estimate of drug-likeness (QED) is 0.867. The largest absolute Gasteiger partial charge is 0.347 e. The number of hydrogen-bond donors (Lipinski definition) is 1. The van der Waals surface area contributed by atoms with Gasteiger partial charge in [0.2, 0.25) is 5.91 Å². The van der Waals surface area contributed by atoms with E-state index in [2.05, 4.69) is 15.5 Å². The van der Waals surface area contributed by atoms with Crippen molar-refractivity contribution in [1.29, 1.82) is 0 Å². The van der Waals surface area contributed by atoms with Gasteiger partial charge in [-0.05, 0) is 18.6 Å². The van der Waals surface area contributed by atoms with Crippen LogP contribution in [-0.4, -0.2) is 38.4 Å². The molecule has 0 spiro atoms. The molecule has 0 saturated heterocycles. The zero-order chi connectivity index (χ0) is 17.6. The van der Waals surface area contributed by atoms with Crippen molar-refractivity contribution in [2.45, 2.75) is 38.9 Å². The second kappa shape index (κ2) is 7.74. The van der Waals surface area contributed by atoms with Crippen molar-refractivity contribution in [3.05, 3.63) is 54.4 Å². The standard InChI is InChI=1S/C18H21N5O2/c1-14(12-22-11-5-10-19-22)20-18(25)16-8-9-17(24)23(21-16)13-15-6-3-2-4-7-15/h2-7,10-11,14H,8-9,12-13H2,1H3,(H,20,25)/t14-/m0/s1. The first-order valence-electron chi connectivity index (χ1n) is 8.32. The fraction of sp³-hybridized carbons (Fsp3) is 0.333. The van der Waals surface area contributed by atoms with Crippen LogP contribution in [0, 0.1) is 0 Å². The molecule has 0 saturated carbocycles. The first kappa shape index (κ1) is 16.9. The molecule has 3 rings (SSSR count). The summed E-state index contributed by atoms with van der Waals surface area (Å²) in [4.78, 5) is 24.5. The molecule has 1 atom stereocenters. The van der Waals surface area contributed by atoms with Crippen molar-refractivity contribution in [2.24, 2.45) is 5.10 Å². The highest BCUT2D eigenvalue weighted by Gasteiger charge is 2.25. The molecule has 7 nitrogen and oxygen atoms in total. The number of carbonyl (C=O) groups excluding carboxylic acids is 2. The molecule has 1 N–H and O–H groups in total. The highest BCUT2D eigenvalue weighted by molar-refractivity contribution is 6.39. The van der Waals surface area contributed by atoms with Gasteiger partial charge < -0.3 is 5.32 Å². The van der Waals surface area contributed by atoms with Gasteiger partial charge in [-0.3, -0.25) is 14.3 Å². The van der Waals surface area contributed by atoms with Crippen LogP contribution in [-0.2, 0) is 22.7 Å². The Bertz CT molecular complexity index is 755. The maximum absolute atomic E-state index is 12.4. The lowest BCUT2D eigenvalue weighted by Crippen LogP contribution is -2.43. The van der Waals surface area contributed by atoms with Gasteiger partial charge in [0.1, 0.15) is 5.71 Å². The van der Waals surface area contributed by atoms with Gasteiger partial charge in [0.25, 0.3) is 5.91 Å². The molecule has 1 aliphatic heterocycles. The maximum atomic E-state index is 12.4. The molecule has 0 radical (unpaired) electrons. The highest BCUT2D eigenvalue weighted by atomic mass is 16.2. The van der Waals surface area contributed by atoms with Crippen LogP contribution in [0.3, 0.4) is 0 Å². The molecule has 0 fully saturated rings. The Labute approximate surface area is 146 Å². The van der Waals surface area contributed by atoms with Crippen molar-refractivity contribution in [2.75, 3.05) is 0 Å². The van der Waals surface area contributed by atoms with Crippen LogP contribution in [0.2, 0.25) is 0 Å². The third kappa shape index (κ3) is 4.53. The maximum Gasteiger partial charge on any atom is 0.267 e. The monoisotopic (exact) mass is 339 g/mol. The van der Waals surface area contributed by atoms with Gasteiger partial charge in [0, 0.05) is 31.3 Å². The van der Waals surface area contributed by atoms with E-state index in [9.17, 15) is 9.59 Å². The Hall–Kier alpha value is -2.96. The summed E-state index contributed by atoms with van der Waals surface area (Å²) in [6, 6.07) is 11.4. The van der Waals surface area contributed by atoms with Crippen molar-refractivity contribution in [3.8, 4) is 0 Å². The zero-order valence-electron chi connectivity index (χ0n) is 14.1. The van der Waals surface area contributed by atoms with E-state index in [1.54, 1.807) is 10.9 Å². The van der Waals surface area contributed by atoms with Crippen LogP contribution in [0.1, 0.15) is 25.3 Å². The number of amides is 2. The normalized spacial score (nSPS) is 15.6. The second-order valence-electron chi connectivity index (χ2n) is 6.09. The topological polar surface area (TPSA) is 79.6 Å². The van der Waals surface area contributed by atoms with Crippen molar-refractivity contribution < 1.29 is 9.59 Å². The molecule has 2 amide bonds. The molecule has 1 aromatic carbocycles. The van der Waals surface area contributed by atoms with Gasteiger partial charge in [0.15, 0.2) is 0 Å². The summed E-state index contributed by atoms with van der Waals surface area (Å²) in [5, 5.41) is 12.7. The Kier molecular flexibility index (Phi) is 5.23. The molecule has 2 aromatic rings. The molecule has 1 aromatic heterocycles. The number of carbonyl (C=O) groups is 2. The SMILES string of the molecule is C[C@@H](Cn1cccn1)NC(=O)C1=NN(Cc2ccccc2)C(=O)CC1. The summed E-state index contributed by atoms with van der Waals surface area (Å²) in [6.45, 7) is 2.87.